The minimum Gasteiger partial charge on any atom is -0.493 e. The summed E-state index contributed by atoms with van der Waals surface area (Å²) in [6, 6.07) is 16.0. The summed E-state index contributed by atoms with van der Waals surface area (Å²) >= 11 is 7.12. The number of methoxy groups -OCH3 is 1. The van der Waals surface area contributed by atoms with Gasteiger partial charge in [-0.2, -0.15) is 0 Å². The number of ether oxygens (including phenoxy) is 2. The average Bonchev–Trinajstić information content (AvgIpc) is 2.61. The monoisotopic (exact) mass is 362 g/mol. The highest BCUT2D eigenvalue weighted by atomic mass is 32.2. The zero-order chi connectivity index (χ0) is 17.2. The second-order valence-electron chi connectivity index (χ2n) is 4.84. The van der Waals surface area contributed by atoms with Crippen LogP contribution in [-0.4, -0.2) is 31.1 Å². The van der Waals surface area contributed by atoms with Crippen molar-refractivity contribution in [3.8, 4) is 11.5 Å². The molecule has 0 aliphatic rings. The first kappa shape index (κ1) is 18.4. The standard InChI is InChI=1S/C18H22N2O2S2/c1-3-22-16-10-9-14(13-17(16)21-2)20-18(23)19-11-12-24-15-7-5-4-6-8-15/h4-10,13H,3,11-12H2,1-2H3,(H2,19,20,23). The number of thiocarbonyl (C=S) groups is 1. The van der Waals surface area contributed by atoms with Crippen molar-refractivity contribution in [2.45, 2.75) is 11.8 Å². The molecule has 0 radical (unpaired) electrons. The van der Waals surface area contributed by atoms with Gasteiger partial charge in [-0.15, -0.1) is 11.8 Å². The van der Waals surface area contributed by atoms with E-state index >= 15 is 0 Å². The first-order valence-electron chi connectivity index (χ1n) is 7.76. The van der Waals surface area contributed by atoms with E-state index in [9.17, 15) is 0 Å². The van der Waals surface area contributed by atoms with E-state index in [1.807, 2.05) is 43.3 Å². The van der Waals surface area contributed by atoms with Gasteiger partial charge in [-0.05, 0) is 43.4 Å². The molecule has 0 atom stereocenters. The van der Waals surface area contributed by atoms with Crippen LogP contribution in [0.1, 0.15) is 6.92 Å². The molecular weight excluding hydrogens is 340 g/mol. The SMILES string of the molecule is CCOc1ccc(NC(=S)NCCSc2ccccc2)cc1OC. The van der Waals surface area contributed by atoms with Crippen LogP contribution in [-0.2, 0) is 0 Å². The largest absolute Gasteiger partial charge is 0.493 e. The number of nitrogens with one attached hydrogen (secondary N) is 2. The molecule has 0 amide bonds. The van der Waals surface area contributed by atoms with Crippen LogP contribution in [0.4, 0.5) is 5.69 Å². The van der Waals surface area contributed by atoms with E-state index in [2.05, 4.69) is 22.8 Å². The van der Waals surface area contributed by atoms with Gasteiger partial charge in [-0.3, -0.25) is 0 Å². The highest BCUT2D eigenvalue weighted by molar-refractivity contribution is 7.99. The van der Waals surface area contributed by atoms with Gasteiger partial charge in [0.15, 0.2) is 16.6 Å². The fourth-order valence-electron chi connectivity index (χ4n) is 2.05. The lowest BCUT2D eigenvalue weighted by molar-refractivity contribution is 0.311. The molecule has 4 nitrogen and oxygen atoms in total. The highest BCUT2D eigenvalue weighted by Gasteiger charge is 2.06. The van der Waals surface area contributed by atoms with Crippen LogP contribution in [0.3, 0.4) is 0 Å². The number of hydrogen-bond acceptors (Lipinski definition) is 4. The van der Waals surface area contributed by atoms with Crippen molar-refractivity contribution in [1.82, 2.24) is 5.32 Å². The minimum absolute atomic E-state index is 0.592. The van der Waals surface area contributed by atoms with Gasteiger partial charge in [-0.1, -0.05) is 18.2 Å². The van der Waals surface area contributed by atoms with Crippen LogP contribution in [0.15, 0.2) is 53.4 Å². The Kier molecular flexibility index (Phi) is 7.71. The Balaban J connectivity index is 1.77. The maximum atomic E-state index is 5.51. The molecule has 2 aromatic carbocycles. The molecule has 0 spiro atoms. The molecule has 2 rings (SSSR count). The third kappa shape index (κ3) is 5.94. The van der Waals surface area contributed by atoms with Crippen molar-refractivity contribution in [2.75, 3.05) is 31.3 Å². The summed E-state index contributed by atoms with van der Waals surface area (Å²) in [7, 11) is 1.62. The highest BCUT2D eigenvalue weighted by Crippen LogP contribution is 2.30. The summed E-state index contributed by atoms with van der Waals surface area (Å²) in [5.41, 5.74) is 0.864. The molecule has 0 fully saturated rings. The Bertz CT molecular complexity index is 651. The van der Waals surface area contributed by atoms with Crippen molar-refractivity contribution in [3.05, 3.63) is 48.5 Å². The Labute approximate surface area is 152 Å². The van der Waals surface area contributed by atoms with Gasteiger partial charge in [0.25, 0.3) is 0 Å². The van der Waals surface area contributed by atoms with E-state index < -0.39 is 0 Å². The van der Waals surface area contributed by atoms with Crippen LogP contribution >= 0.6 is 24.0 Å². The molecule has 2 aromatic rings. The Morgan fingerprint density at radius 2 is 1.92 bits per heavy atom. The Morgan fingerprint density at radius 3 is 2.62 bits per heavy atom. The zero-order valence-electron chi connectivity index (χ0n) is 13.9. The number of anilines is 1. The summed E-state index contributed by atoms with van der Waals surface area (Å²) < 4.78 is 10.8. The van der Waals surface area contributed by atoms with Gasteiger partial charge in [0.05, 0.1) is 13.7 Å². The maximum Gasteiger partial charge on any atom is 0.170 e. The van der Waals surface area contributed by atoms with Crippen LogP contribution in [0.2, 0.25) is 0 Å². The molecule has 0 saturated heterocycles. The summed E-state index contributed by atoms with van der Waals surface area (Å²) in [5.74, 6) is 2.35. The molecule has 6 heteroatoms. The van der Waals surface area contributed by atoms with E-state index in [0.717, 1.165) is 23.7 Å². The van der Waals surface area contributed by atoms with Crippen molar-refractivity contribution >= 4 is 34.8 Å². The summed E-state index contributed by atoms with van der Waals surface area (Å²) in [5, 5.41) is 6.96. The van der Waals surface area contributed by atoms with Gasteiger partial charge in [0, 0.05) is 28.9 Å². The predicted octanol–water partition coefficient (Wildman–Crippen LogP) is 4.17. The van der Waals surface area contributed by atoms with Gasteiger partial charge in [-0.25, -0.2) is 0 Å². The average molecular weight is 363 g/mol. The topological polar surface area (TPSA) is 42.5 Å². The molecule has 0 unspecified atom stereocenters. The van der Waals surface area contributed by atoms with Crippen LogP contribution < -0.4 is 20.1 Å². The van der Waals surface area contributed by atoms with E-state index in [0.29, 0.717) is 17.5 Å². The molecule has 0 heterocycles. The third-order valence-corrected chi connectivity index (χ3v) is 4.38. The van der Waals surface area contributed by atoms with Gasteiger partial charge >= 0.3 is 0 Å². The fourth-order valence-corrected chi connectivity index (χ4v) is 3.05. The summed E-state index contributed by atoms with van der Waals surface area (Å²) in [6.45, 7) is 3.33. The second kappa shape index (κ2) is 10.1. The minimum atomic E-state index is 0.592. The smallest absolute Gasteiger partial charge is 0.170 e. The molecule has 0 bridgehead atoms. The van der Waals surface area contributed by atoms with E-state index in [-0.39, 0.29) is 0 Å². The second-order valence-corrected chi connectivity index (χ2v) is 6.42. The first-order valence-corrected chi connectivity index (χ1v) is 9.16. The van der Waals surface area contributed by atoms with E-state index in [1.54, 1.807) is 18.9 Å². The number of rotatable bonds is 8. The number of thioether (sulfide) groups is 1. The predicted molar refractivity (Wildman–Crippen MR) is 106 cm³/mol. The van der Waals surface area contributed by atoms with Crippen molar-refractivity contribution in [1.29, 1.82) is 0 Å². The molecule has 24 heavy (non-hydrogen) atoms. The van der Waals surface area contributed by atoms with Crippen LogP contribution in [0, 0.1) is 0 Å². The summed E-state index contributed by atoms with van der Waals surface area (Å²) in [4.78, 5) is 1.26. The van der Waals surface area contributed by atoms with Gasteiger partial charge in [0.2, 0.25) is 0 Å². The van der Waals surface area contributed by atoms with Crippen LogP contribution in [0.25, 0.3) is 0 Å². The maximum absolute atomic E-state index is 5.51. The van der Waals surface area contributed by atoms with E-state index in [4.69, 9.17) is 21.7 Å². The lowest BCUT2D eigenvalue weighted by Crippen LogP contribution is -2.30. The van der Waals surface area contributed by atoms with Gasteiger partial charge < -0.3 is 20.1 Å². The molecule has 2 N–H and O–H groups in total. The van der Waals surface area contributed by atoms with Crippen molar-refractivity contribution in [3.63, 3.8) is 0 Å². The van der Waals surface area contributed by atoms with Crippen molar-refractivity contribution < 1.29 is 9.47 Å². The van der Waals surface area contributed by atoms with Gasteiger partial charge in [0.1, 0.15) is 0 Å². The Hall–Kier alpha value is -1.92. The molecule has 0 aliphatic carbocycles. The van der Waals surface area contributed by atoms with Crippen molar-refractivity contribution in [2.24, 2.45) is 0 Å². The molecule has 0 aliphatic heterocycles. The quantitative estimate of drug-likeness (QED) is 0.417. The normalized spacial score (nSPS) is 10.1. The number of hydrogen-bond donors (Lipinski definition) is 2. The molecular formula is C18H22N2O2S2. The number of benzene rings is 2. The fraction of sp³-hybridized carbons (Fsp3) is 0.278. The molecule has 128 valence electrons. The molecule has 0 aromatic heterocycles. The molecule has 0 saturated carbocycles. The lowest BCUT2D eigenvalue weighted by Gasteiger charge is -2.13. The Morgan fingerprint density at radius 1 is 1.12 bits per heavy atom. The zero-order valence-corrected chi connectivity index (χ0v) is 15.5. The van der Waals surface area contributed by atoms with Crippen LogP contribution in [0.5, 0.6) is 11.5 Å². The summed E-state index contributed by atoms with van der Waals surface area (Å²) in [6.07, 6.45) is 0. The van der Waals surface area contributed by atoms with E-state index in [1.165, 1.54) is 4.90 Å². The lowest BCUT2D eigenvalue weighted by atomic mass is 10.3. The first-order chi connectivity index (χ1) is 11.7. The third-order valence-electron chi connectivity index (χ3n) is 3.12.